The number of hydrogen-bond acceptors (Lipinski definition) is 2. The van der Waals surface area contributed by atoms with Crippen molar-refractivity contribution >= 4 is 23.1 Å². The molecule has 5 heteroatoms. The lowest BCUT2D eigenvalue weighted by molar-refractivity contribution is 0.161. The van der Waals surface area contributed by atoms with Crippen LogP contribution in [0.25, 0.3) is 5.00 Å². The first kappa shape index (κ1) is 18.5. The van der Waals surface area contributed by atoms with Gasteiger partial charge in [-0.1, -0.05) is 32.0 Å². The Hall–Kier alpha value is -2.53. The number of anilines is 1. The average Bonchev–Trinajstić information content (AvgIpc) is 3.30. The van der Waals surface area contributed by atoms with Gasteiger partial charge in [0.2, 0.25) is 0 Å². The number of hydrogen-bond donors (Lipinski definition) is 1. The van der Waals surface area contributed by atoms with Crippen LogP contribution in [0.3, 0.4) is 0 Å². The van der Waals surface area contributed by atoms with Crippen LogP contribution in [-0.2, 0) is 19.4 Å². The van der Waals surface area contributed by atoms with Gasteiger partial charge in [0.15, 0.2) is 0 Å². The molecule has 1 unspecified atom stereocenters. The van der Waals surface area contributed by atoms with Crippen molar-refractivity contribution in [1.82, 2.24) is 9.47 Å². The second kappa shape index (κ2) is 7.38. The van der Waals surface area contributed by atoms with Gasteiger partial charge in [-0.3, -0.25) is 0 Å². The summed E-state index contributed by atoms with van der Waals surface area (Å²) in [5.74, 6) is 0.315. The fraction of sp³-hybridized carbons (Fsp3) is 0.375. The van der Waals surface area contributed by atoms with E-state index in [1.54, 1.807) is 0 Å². The van der Waals surface area contributed by atoms with E-state index in [2.05, 4.69) is 47.0 Å². The smallest absolute Gasteiger partial charge is 0.311 e. The molecule has 3 heterocycles. The lowest BCUT2D eigenvalue weighted by Crippen LogP contribution is -2.39. The predicted octanol–water partition coefficient (Wildman–Crippen LogP) is 6.16. The molecule has 4 nitrogen and oxygen atoms in total. The lowest BCUT2D eigenvalue weighted by atomic mass is 9.94. The van der Waals surface area contributed by atoms with Gasteiger partial charge in [-0.15, -0.1) is 11.3 Å². The molecule has 2 aliphatic rings. The summed E-state index contributed by atoms with van der Waals surface area (Å²) >= 11 is 1.93. The first-order valence-electron chi connectivity index (χ1n) is 10.6. The van der Waals surface area contributed by atoms with Gasteiger partial charge < -0.3 is 14.8 Å². The van der Waals surface area contributed by atoms with E-state index in [0.29, 0.717) is 12.5 Å². The van der Waals surface area contributed by atoms with Crippen molar-refractivity contribution in [3.8, 4) is 5.00 Å². The van der Waals surface area contributed by atoms with E-state index in [-0.39, 0.29) is 12.1 Å². The Morgan fingerprint density at radius 2 is 1.86 bits per heavy atom. The fourth-order valence-corrected chi connectivity index (χ4v) is 6.24. The van der Waals surface area contributed by atoms with Gasteiger partial charge in [0.05, 0.1) is 12.6 Å². The van der Waals surface area contributed by atoms with Crippen molar-refractivity contribution in [1.29, 1.82) is 0 Å². The number of urea groups is 1. The van der Waals surface area contributed by atoms with E-state index in [1.807, 2.05) is 41.7 Å². The number of rotatable bonds is 2. The Balaban J connectivity index is 1.61. The summed E-state index contributed by atoms with van der Waals surface area (Å²) in [4.78, 5) is 17.0. The van der Waals surface area contributed by atoms with Gasteiger partial charge in [-0.25, -0.2) is 4.79 Å². The fourth-order valence-electron chi connectivity index (χ4n) is 4.84. The van der Waals surface area contributed by atoms with Crippen molar-refractivity contribution in [3.05, 3.63) is 70.4 Å². The standard InChI is InChI=1S/C24H27N3OS/c1-16(2)22-20-12-8-14-26(20)23-19(18-11-6-7-13-21(18)29-23)15-27(22)24(28)25-17-9-4-3-5-10-17/h3-5,8-10,12,14,16,22H,6-7,11,13,15H2,1-2H3,(H,25,28). The van der Waals surface area contributed by atoms with Gasteiger partial charge in [-0.2, -0.15) is 0 Å². The monoisotopic (exact) mass is 405 g/mol. The molecule has 29 heavy (non-hydrogen) atoms. The summed E-state index contributed by atoms with van der Waals surface area (Å²) in [5.41, 5.74) is 4.90. The van der Waals surface area contributed by atoms with Gasteiger partial charge in [0.25, 0.3) is 0 Å². The van der Waals surface area contributed by atoms with E-state index in [0.717, 1.165) is 12.1 Å². The highest BCUT2D eigenvalue weighted by Crippen LogP contribution is 2.44. The molecule has 5 rings (SSSR count). The third-order valence-corrected chi connectivity index (χ3v) is 7.48. The van der Waals surface area contributed by atoms with Gasteiger partial charge in [0.1, 0.15) is 5.00 Å². The van der Waals surface area contributed by atoms with Crippen molar-refractivity contribution in [2.24, 2.45) is 5.92 Å². The molecule has 0 spiro atoms. The summed E-state index contributed by atoms with van der Waals surface area (Å²) in [6, 6.07) is 14.1. The molecule has 0 radical (unpaired) electrons. The minimum absolute atomic E-state index is 0.0220. The Morgan fingerprint density at radius 3 is 2.66 bits per heavy atom. The van der Waals surface area contributed by atoms with E-state index >= 15 is 0 Å². The van der Waals surface area contributed by atoms with Gasteiger partial charge >= 0.3 is 6.03 Å². The number of carbonyl (C=O) groups excluding carboxylic acids is 1. The Morgan fingerprint density at radius 1 is 1.07 bits per heavy atom. The molecule has 1 N–H and O–H groups in total. The maximum absolute atomic E-state index is 13.5. The van der Waals surface area contributed by atoms with Crippen LogP contribution in [0, 0.1) is 5.92 Å². The molecule has 1 aromatic carbocycles. The highest BCUT2D eigenvalue weighted by Gasteiger charge is 2.36. The van der Waals surface area contributed by atoms with Gasteiger partial charge in [0, 0.05) is 28.0 Å². The molecule has 1 aliphatic heterocycles. The maximum Gasteiger partial charge on any atom is 0.322 e. The van der Waals surface area contributed by atoms with Crippen molar-refractivity contribution in [2.45, 2.75) is 52.1 Å². The highest BCUT2D eigenvalue weighted by atomic mass is 32.1. The molecular weight excluding hydrogens is 378 g/mol. The number of aromatic nitrogens is 1. The maximum atomic E-state index is 13.5. The molecule has 3 aromatic rings. The topological polar surface area (TPSA) is 37.3 Å². The number of aryl methyl sites for hydroxylation is 1. The number of nitrogens with one attached hydrogen (secondary N) is 1. The van der Waals surface area contributed by atoms with Crippen molar-refractivity contribution in [2.75, 3.05) is 5.32 Å². The van der Waals surface area contributed by atoms with Crippen LogP contribution in [-0.4, -0.2) is 15.5 Å². The lowest BCUT2D eigenvalue weighted by Gasteiger charge is -2.33. The van der Waals surface area contributed by atoms with E-state index in [9.17, 15) is 4.79 Å². The van der Waals surface area contributed by atoms with Crippen LogP contribution in [0.5, 0.6) is 0 Å². The van der Waals surface area contributed by atoms with Crippen LogP contribution >= 0.6 is 11.3 Å². The van der Waals surface area contributed by atoms with Crippen molar-refractivity contribution < 1.29 is 4.79 Å². The Kier molecular flexibility index (Phi) is 4.70. The van der Waals surface area contributed by atoms with Crippen LogP contribution < -0.4 is 5.32 Å². The third-order valence-electron chi connectivity index (χ3n) is 6.14. The van der Waals surface area contributed by atoms with Gasteiger partial charge in [-0.05, 0) is 61.4 Å². The number of para-hydroxylation sites is 1. The van der Waals surface area contributed by atoms with E-state index < -0.39 is 0 Å². The highest BCUT2D eigenvalue weighted by molar-refractivity contribution is 7.15. The summed E-state index contributed by atoms with van der Waals surface area (Å²) in [5, 5.41) is 4.45. The molecular formula is C24H27N3OS. The number of benzene rings is 1. The summed E-state index contributed by atoms with van der Waals surface area (Å²) < 4.78 is 2.35. The number of carbonyl (C=O) groups is 1. The number of amides is 2. The molecule has 0 saturated heterocycles. The molecule has 1 atom stereocenters. The second-order valence-electron chi connectivity index (χ2n) is 8.41. The number of thiophene rings is 1. The van der Waals surface area contributed by atoms with Crippen molar-refractivity contribution in [3.63, 3.8) is 0 Å². The molecule has 0 fully saturated rings. The Bertz CT molecular complexity index is 1030. The molecule has 0 saturated carbocycles. The molecule has 2 aromatic heterocycles. The minimum atomic E-state index is -0.0220. The second-order valence-corrected chi connectivity index (χ2v) is 9.49. The zero-order chi connectivity index (χ0) is 20.0. The normalized spacial score (nSPS) is 18.0. The zero-order valence-electron chi connectivity index (χ0n) is 17.0. The molecule has 2 amide bonds. The van der Waals surface area contributed by atoms with Crippen LogP contribution in [0.15, 0.2) is 48.7 Å². The zero-order valence-corrected chi connectivity index (χ0v) is 17.8. The average molecular weight is 406 g/mol. The number of fused-ring (bicyclic) bond motifs is 5. The minimum Gasteiger partial charge on any atom is -0.311 e. The third kappa shape index (κ3) is 3.18. The SMILES string of the molecule is CC(C)C1c2cccn2-c2sc3c(c2CN1C(=O)Nc1ccccc1)CCCC3. The van der Waals surface area contributed by atoms with Crippen LogP contribution in [0.4, 0.5) is 10.5 Å². The van der Waals surface area contributed by atoms with E-state index in [4.69, 9.17) is 0 Å². The summed E-state index contributed by atoms with van der Waals surface area (Å²) in [6.07, 6.45) is 7.01. The first-order valence-corrected chi connectivity index (χ1v) is 11.4. The summed E-state index contributed by atoms with van der Waals surface area (Å²) in [7, 11) is 0. The largest absolute Gasteiger partial charge is 0.322 e. The first-order chi connectivity index (χ1) is 14.1. The molecule has 150 valence electrons. The number of nitrogens with zero attached hydrogens (tertiary/aromatic N) is 2. The molecule has 0 bridgehead atoms. The predicted molar refractivity (Wildman–Crippen MR) is 119 cm³/mol. The van der Waals surface area contributed by atoms with E-state index in [1.165, 1.54) is 46.0 Å². The quantitative estimate of drug-likeness (QED) is 0.544. The summed E-state index contributed by atoms with van der Waals surface area (Å²) in [6.45, 7) is 5.09. The van der Waals surface area contributed by atoms with Crippen LogP contribution in [0.2, 0.25) is 0 Å². The Labute approximate surface area is 176 Å². The van der Waals surface area contributed by atoms with Crippen LogP contribution in [0.1, 0.15) is 54.4 Å². The molecule has 1 aliphatic carbocycles.